The van der Waals surface area contributed by atoms with Gasteiger partial charge in [-0.1, -0.05) is 20.3 Å². The van der Waals surface area contributed by atoms with Crippen LogP contribution in [0.15, 0.2) is 12.1 Å². The number of fused-ring (bicyclic) bond motifs is 1. The molecule has 4 heteroatoms. The number of ketones is 1. The summed E-state index contributed by atoms with van der Waals surface area (Å²) in [5.41, 5.74) is 1.83. The van der Waals surface area contributed by atoms with E-state index in [0.717, 1.165) is 43.4 Å². The molecule has 1 aromatic rings. The summed E-state index contributed by atoms with van der Waals surface area (Å²) < 4.78 is 0. The van der Waals surface area contributed by atoms with Gasteiger partial charge in [-0.05, 0) is 73.9 Å². The van der Waals surface area contributed by atoms with Gasteiger partial charge in [0.1, 0.15) is 11.5 Å². The minimum atomic E-state index is -0.909. The first-order chi connectivity index (χ1) is 12.3. The fourth-order valence-corrected chi connectivity index (χ4v) is 5.89. The van der Waals surface area contributed by atoms with E-state index in [1.54, 1.807) is 6.07 Å². The van der Waals surface area contributed by atoms with Crippen molar-refractivity contribution in [2.75, 3.05) is 6.54 Å². The molecule has 142 valence electrons. The van der Waals surface area contributed by atoms with Gasteiger partial charge in [-0.2, -0.15) is 0 Å². The summed E-state index contributed by atoms with van der Waals surface area (Å²) in [6, 6.07) is 3.60. The van der Waals surface area contributed by atoms with Crippen LogP contribution in [0.1, 0.15) is 62.6 Å². The lowest BCUT2D eigenvalue weighted by molar-refractivity contribution is -0.159. The summed E-state index contributed by atoms with van der Waals surface area (Å²) in [4.78, 5) is 13.1. The standard InChI is InChI=1S/C22H31NO3/c1-13(2)4-5-15-11-22(26)20-10-17-14(3)8-16(24)9-18(17)21(22,6-7-23-20)12-19(15)25/h8-9,13,15,20,23-24,26H,4-7,10-12H2,1-3H3/t15-,20+,21+,22+/m0/s1. The van der Waals surface area contributed by atoms with Gasteiger partial charge >= 0.3 is 0 Å². The van der Waals surface area contributed by atoms with Gasteiger partial charge in [0.25, 0.3) is 0 Å². The first kappa shape index (κ1) is 18.0. The Morgan fingerprint density at radius 2 is 2.12 bits per heavy atom. The van der Waals surface area contributed by atoms with Crippen LogP contribution in [0.3, 0.4) is 0 Å². The van der Waals surface area contributed by atoms with E-state index in [1.165, 1.54) is 5.56 Å². The maximum Gasteiger partial charge on any atom is 0.137 e. The van der Waals surface area contributed by atoms with E-state index in [1.807, 2.05) is 13.0 Å². The highest BCUT2D eigenvalue weighted by atomic mass is 16.3. The predicted octanol–water partition coefficient (Wildman–Crippen LogP) is 3.00. The van der Waals surface area contributed by atoms with Crippen LogP contribution in [0, 0.1) is 18.8 Å². The largest absolute Gasteiger partial charge is 0.508 e. The summed E-state index contributed by atoms with van der Waals surface area (Å²) in [6.07, 6.45) is 4.36. The Morgan fingerprint density at radius 3 is 2.85 bits per heavy atom. The molecule has 0 radical (unpaired) electrons. The molecule has 4 atom stereocenters. The number of rotatable bonds is 3. The number of aliphatic hydroxyl groups is 1. The molecule has 3 N–H and O–H groups in total. The Hall–Kier alpha value is -1.39. The molecule has 0 amide bonds. The zero-order valence-corrected chi connectivity index (χ0v) is 16.1. The Kier molecular flexibility index (Phi) is 4.20. The van der Waals surface area contributed by atoms with Crippen LogP contribution in [-0.4, -0.2) is 34.2 Å². The van der Waals surface area contributed by atoms with Crippen molar-refractivity contribution in [3.8, 4) is 5.75 Å². The van der Waals surface area contributed by atoms with Gasteiger partial charge in [-0.25, -0.2) is 0 Å². The number of phenols is 1. The molecule has 1 saturated heterocycles. The lowest BCUT2D eigenvalue weighted by Crippen LogP contribution is -2.73. The van der Waals surface area contributed by atoms with Crippen LogP contribution in [0.4, 0.5) is 0 Å². The maximum absolute atomic E-state index is 13.1. The molecule has 0 aromatic heterocycles. The Morgan fingerprint density at radius 1 is 1.35 bits per heavy atom. The number of aromatic hydroxyl groups is 1. The van der Waals surface area contributed by atoms with E-state index < -0.39 is 11.0 Å². The van der Waals surface area contributed by atoms with Crippen molar-refractivity contribution in [1.82, 2.24) is 5.32 Å². The number of piperidine rings is 1. The molecule has 4 rings (SSSR count). The van der Waals surface area contributed by atoms with E-state index in [9.17, 15) is 15.0 Å². The summed E-state index contributed by atoms with van der Waals surface area (Å²) in [5.74, 6) is 1.06. The molecular weight excluding hydrogens is 326 g/mol. The van der Waals surface area contributed by atoms with Crippen LogP contribution < -0.4 is 5.32 Å². The molecule has 1 saturated carbocycles. The molecule has 1 heterocycles. The van der Waals surface area contributed by atoms with Crippen molar-refractivity contribution in [1.29, 1.82) is 0 Å². The maximum atomic E-state index is 13.1. The number of hydrogen-bond donors (Lipinski definition) is 3. The van der Waals surface area contributed by atoms with E-state index >= 15 is 0 Å². The van der Waals surface area contributed by atoms with Gasteiger partial charge in [0.2, 0.25) is 0 Å². The van der Waals surface area contributed by atoms with Crippen LogP contribution in [-0.2, 0) is 16.6 Å². The summed E-state index contributed by atoms with van der Waals surface area (Å²) in [5, 5.41) is 25.7. The minimum Gasteiger partial charge on any atom is -0.508 e. The van der Waals surface area contributed by atoms with Gasteiger partial charge in [0, 0.05) is 23.8 Å². The number of phenolic OH excluding ortho intramolecular Hbond substituents is 1. The number of benzene rings is 1. The van der Waals surface area contributed by atoms with Crippen molar-refractivity contribution < 1.29 is 15.0 Å². The third-order valence-electron chi connectivity index (χ3n) is 7.31. The topological polar surface area (TPSA) is 69.6 Å². The molecule has 3 aliphatic rings. The minimum absolute atomic E-state index is 0.0124. The van der Waals surface area contributed by atoms with E-state index in [2.05, 4.69) is 19.2 Å². The van der Waals surface area contributed by atoms with Crippen LogP contribution >= 0.6 is 0 Å². The third kappa shape index (κ3) is 2.45. The molecule has 4 nitrogen and oxygen atoms in total. The normalized spacial score (nSPS) is 36.0. The van der Waals surface area contributed by atoms with Gasteiger partial charge in [0.15, 0.2) is 0 Å². The molecule has 1 aromatic carbocycles. The predicted molar refractivity (Wildman–Crippen MR) is 101 cm³/mol. The average Bonchev–Trinajstić information content (AvgIpc) is 2.54. The Bertz CT molecular complexity index is 743. The quantitative estimate of drug-likeness (QED) is 0.778. The second-order valence-corrected chi connectivity index (χ2v) is 9.27. The van der Waals surface area contributed by atoms with E-state index in [-0.39, 0.29) is 17.7 Å². The van der Waals surface area contributed by atoms with Crippen molar-refractivity contribution in [2.45, 2.75) is 76.4 Å². The molecule has 0 spiro atoms. The number of carbonyl (C=O) groups excluding carboxylic acids is 1. The summed E-state index contributed by atoms with van der Waals surface area (Å²) in [7, 11) is 0. The molecule has 0 unspecified atom stereocenters. The molecule has 2 aliphatic carbocycles. The number of hydrogen-bond acceptors (Lipinski definition) is 4. The van der Waals surface area contributed by atoms with Gasteiger partial charge < -0.3 is 15.5 Å². The Labute approximate surface area is 156 Å². The van der Waals surface area contributed by atoms with Gasteiger partial charge in [0.05, 0.1) is 5.60 Å². The van der Waals surface area contributed by atoms with Gasteiger partial charge in [-0.3, -0.25) is 4.79 Å². The third-order valence-corrected chi connectivity index (χ3v) is 7.31. The average molecular weight is 357 g/mol. The summed E-state index contributed by atoms with van der Waals surface area (Å²) >= 11 is 0. The first-order valence-electron chi connectivity index (χ1n) is 10.1. The van der Waals surface area contributed by atoms with Gasteiger partial charge in [-0.15, -0.1) is 0 Å². The summed E-state index contributed by atoms with van der Waals surface area (Å²) in [6.45, 7) is 7.20. The van der Waals surface area contributed by atoms with Crippen molar-refractivity contribution in [3.05, 3.63) is 28.8 Å². The zero-order valence-electron chi connectivity index (χ0n) is 16.1. The molecular formula is C22H31NO3. The van der Waals surface area contributed by atoms with Crippen molar-refractivity contribution in [2.24, 2.45) is 11.8 Å². The number of aryl methyl sites for hydroxylation is 1. The first-order valence-corrected chi connectivity index (χ1v) is 10.1. The highest BCUT2D eigenvalue weighted by molar-refractivity contribution is 5.85. The highest BCUT2D eigenvalue weighted by Crippen LogP contribution is 2.57. The molecule has 26 heavy (non-hydrogen) atoms. The second kappa shape index (κ2) is 6.07. The molecule has 2 bridgehead atoms. The smallest absolute Gasteiger partial charge is 0.137 e. The molecule has 2 fully saturated rings. The zero-order chi connectivity index (χ0) is 18.7. The van der Waals surface area contributed by atoms with Crippen LogP contribution in [0.5, 0.6) is 5.75 Å². The van der Waals surface area contributed by atoms with E-state index in [0.29, 0.717) is 24.5 Å². The monoisotopic (exact) mass is 357 g/mol. The highest BCUT2D eigenvalue weighted by Gasteiger charge is 2.64. The number of Topliss-reactive ketones (excluding diaryl/α,β-unsaturated/α-hetero) is 1. The van der Waals surface area contributed by atoms with Crippen molar-refractivity contribution in [3.63, 3.8) is 0 Å². The van der Waals surface area contributed by atoms with E-state index in [4.69, 9.17) is 0 Å². The fraction of sp³-hybridized carbons (Fsp3) is 0.682. The fourth-order valence-electron chi connectivity index (χ4n) is 5.89. The molecule has 1 aliphatic heterocycles. The van der Waals surface area contributed by atoms with Crippen molar-refractivity contribution >= 4 is 5.78 Å². The lowest BCUT2D eigenvalue weighted by Gasteiger charge is -2.62. The SMILES string of the molecule is Cc1cc(O)cc2c1C[C@H]1NCC[C@@]23CC(=O)[C@@H](CCC(C)C)C[C@@]13O. The lowest BCUT2D eigenvalue weighted by atomic mass is 9.48. The van der Waals surface area contributed by atoms with Crippen LogP contribution in [0.2, 0.25) is 0 Å². The number of carbonyl (C=O) groups is 1. The Balaban J connectivity index is 1.79. The van der Waals surface area contributed by atoms with Crippen LogP contribution in [0.25, 0.3) is 0 Å². The number of nitrogens with one attached hydrogen (secondary N) is 1. The second-order valence-electron chi connectivity index (χ2n) is 9.27.